The highest BCUT2D eigenvalue weighted by molar-refractivity contribution is 9.10. The van der Waals surface area contributed by atoms with Gasteiger partial charge in [-0.15, -0.1) is 0 Å². The van der Waals surface area contributed by atoms with Crippen LogP contribution in [-0.2, 0) is 35.5 Å². The number of benzene rings is 3. The van der Waals surface area contributed by atoms with Gasteiger partial charge in [0.05, 0.1) is 24.2 Å². The molecule has 7 heteroatoms. The lowest BCUT2D eigenvalue weighted by Gasteiger charge is -2.15. The van der Waals surface area contributed by atoms with E-state index in [-0.39, 0.29) is 12.6 Å². The average molecular weight is 551 g/mol. The Labute approximate surface area is 220 Å². The lowest BCUT2D eigenvalue weighted by molar-refractivity contribution is -0.145. The Hall–Kier alpha value is -3.32. The summed E-state index contributed by atoms with van der Waals surface area (Å²) >= 11 is 3.55. The maximum atomic E-state index is 11.6. The summed E-state index contributed by atoms with van der Waals surface area (Å²) in [6.45, 7) is 7.33. The van der Waals surface area contributed by atoms with Crippen molar-refractivity contribution in [2.75, 3.05) is 13.2 Å². The number of carbonyl (C=O) groups is 1. The number of fused-ring (bicyclic) bond motifs is 1. The van der Waals surface area contributed by atoms with E-state index in [0.29, 0.717) is 25.5 Å². The highest BCUT2D eigenvalue weighted by atomic mass is 79.9. The normalized spacial score (nSPS) is 11.0. The van der Waals surface area contributed by atoms with Crippen molar-refractivity contribution in [1.82, 2.24) is 9.55 Å². The molecule has 0 fully saturated rings. The van der Waals surface area contributed by atoms with Gasteiger partial charge in [-0.1, -0.05) is 54.0 Å². The zero-order chi connectivity index (χ0) is 25.5. The van der Waals surface area contributed by atoms with Gasteiger partial charge in [0.1, 0.15) is 23.9 Å². The number of esters is 1. The van der Waals surface area contributed by atoms with Crippen molar-refractivity contribution in [3.8, 4) is 11.5 Å². The van der Waals surface area contributed by atoms with Crippen molar-refractivity contribution in [2.24, 2.45) is 0 Å². The van der Waals surface area contributed by atoms with Crippen LogP contribution in [0, 0.1) is 0 Å². The molecular formula is C29H31BrN2O4. The van der Waals surface area contributed by atoms with Gasteiger partial charge < -0.3 is 18.8 Å². The monoisotopic (exact) mass is 550 g/mol. The molecule has 0 aliphatic carbocycles. The van der Waals surface area contributed by atoms with Crippen LogP contribution in [0.5, 0.6) is 11.5 Å². The lowest BCUT2D eigenvalue weighted by Crippen LogP contribution is -2.15. The molecule has 4 rings (SSSR count). The van der Waals surface area contributed by atoms with Crippen LogP contribution in [0.25, 0.3) is 11.0 Å². The number of imidazole rings is 1. The number of para-hydroxylation sites is 1. The maximum Gasteiger partial charge on any atom is 0.344 e. The van der Waals surface area contributed by atoms with Crippen molar-refractivity contribution in [3.05, 3.63) is 87.7 Å². The van der Waals surface area contributed by atoms with Crippen LogP contribution in [-0.4, -0.2) is 28.7 Å². The third-order valence-electron chi connectivity index (χ3n) is 5.96. The summed E-state index contributed by atoms with van der Waals surface area (Å²) in [5, 5.41) is 0. The smallest absolute Gasteiger partial charge is 0.344 e. The summed E-state index contributed by atoms with van der Waals surface area (Å²) in [6, 6.07) is 20.3. The first-order valence-corrected chi connectivity index (χ1v) is 13.1. The quantitative estimate of drug-likeness (QED) is 0.199. The molecule has 3 aromatic carbocycles. The third kappa shape index (κ3) is 6.08. The average Bonchev–Trinajstić information content (AvgIpc) is 3.23. The second-order valence-electron chi connectivity index (χ2n) is 8.39. The fourth-order valence-electron chi connectivity index (χ4n) is 4.18. The summed E-state index contributed by atoms with van der Waals surface area (Å²) in [7, 11) is 0. The molecule has 0 N–H and O–H groups in total. The predicted molar refractivity (Wildman–Crippen MR) is 145 cm³/mol. The Morgan fingerprint density at radius 3 is 2.50 bits per heavy atom. The second kappa shape index (κ2) is 12.1. The molecule has 1 aromatic heterocycles. The molecule has 0 aliphatic heterocycles. The fourth-order valence-corrected chi connectivity index (χ4v) is 4.53. The minimum atomic E-state index is -0.367. The Balaban J connectivity index is 1.50. The molecule has 0 unspecified atom stereocenters. The van der Waals surface area contributed by atoms with E-state index in [0.717, 1.165) is 56.6 Å². The third-order valence-corrected chi connectivity index (χ3v) is 6.45. The summed E-state index contributed by atoms with van der Waals surface area (Å²) in [5.41, 5.74) is 5.25. The number of carbonyl (C=O) groups excluding carboxylic acids is 1. The molecule has 0 amide bonds. The van der Waals surface area contributed by atoms with Crippen LogP contribution in [0.15, 0.2) is 65.1 Å². The summed E-state index contributed by atoms with van der Waals surface area (Å²) in [6.07, 6.45) is 1.63. The Kier molecular flexibility index (Phi) is 8.65. The van der Waals surface area contributed by atoms with Gasteiger partial charge in [0.15, 0.2) is 6.61 Å². The van der Waals surface area contributed by atoms with Crippen LogP contribution >= 0.6 is 15.9 Å². The molecule has 1 heterocycles. The molecule has 0 bridgehead atoms. The summed E-state index contributed by atoms with van der Waals surface area (Å²) in [5.74, 6) is 2.22. The van der Waals surface area contributed by atoms with E-state index in [1.807, 2.05) is 36.4 Å². The van der Waals surface area contributed by atoms with Gasteiger partial charge in [-0.3, -0.25) is 0 Å². The van der Waals surface area contributed by atoms with Crippen molar-refractivity contribution in [2.45, 2.75) is 46.8 Å². The molecule has 0 saturated carbocycles. The zero-order valence-electron chi connectivity index (χ0n) is 20.9. The van der Waals surface area contributed by atoms with Gasteiger partial charge in [-0.2, -0.15) is 0 Å². The van der Waals surface area contributed by atoms with Crippen LogP contribution in [0.1, 0.15) is 43.3 Å². The van der Waals surface area contributed by atoms with E-state index in [1.165, 1.54) is 0 Å². The predicted octanol–water partition coefficient (Wildman–Crippen LogP) is 6.49. The zero-order valence-corrected chi connectivity index (χ0v) is 22.5. The molecular weight excluding hydrogens is 520 g/mol. The maximum absolute atomic E-state index is 11.6. The van der Waals surface area contributed by atoms with Crippen molar-refractivity contribution in [3.63, 3.8) is 0 Å². The first kappa shape index (κ1) is 25.8. The Morgan fingerprint density at radius 2 is 1.72 bits per heavy atom. The van der Waals surface area contributed by atoms with Gasteiger partial charge in [-0.25, -0.2) is 9.78 Å². The van der Waals surface area contributed by atoms with E-state index in [9.17, 15) is 4.79 Å². The molecule has 0 radical (unpaired) electrons. The van der Waals surface area contributed by atoms with Crippen LogP contribution in [0.2, 0.25) is 0 Å². The number of hydrogen-bond donors (Lipinski definition) is 0. The summed E-state index contributed by atoms with van der Waals surface area (Å²) < 4.78 is 20.2. The van der Waals surface area contributed by atoms with Crippen molar-refractivity contribution in [1.29, 1.82) is 0 Å². The topological polar surface area (TPSA) is 62.6 Å². The van der Waals surface area contributed by atoms with E-state index in [2.05, 4.69) is 58.6 Å². The highest BCUT2D eigenvalue weighted by Crippen LogP contribution is 2.27. The molecule has 36 heavy (non-hydrogen) atoms. The number of ether oxygens (including phenoxy) is 3. The number of rotatable bonds is 11. The number of nitrogens with zero attached hydrogens (tertiary/aromatic N) is 2. The number of halogens is 1. The van der Waals surface area contributed by atoms with Gasteiger partial charge in [0.25, 0.3) is 0 Å². The fraction of sp³-hybridized carbons (Fsp3) is 0.310. The molecule has 0 atom stereocenters. The summed E-state index contributed by atoms with van der Waals surface area (Å²) in [4.78, 5) is 16.5. The van der Waals surface area contributed by atoms with Gasteiger partial charge in [0, 0.05) is 16.5 Å². The number of aryl methyl sites for hydroxylation is 2. The first-order chi connectivity index (χ1) is 17.5. The van der Waals surface area contributed by atoms with Crippen LogP contribution in [0.4, 0.5) is 0 Å². The standard InChI is InChI=1S/C29H31BrN2O4/c1-4-21-15-20(11-14-27(21)36-19-29(33)34-6-3)18-35-26-10-8-7-9-22(26)17-32-25-13-12-23(30)16-24(25)31-28(32)5-2/h7-16H,4-6,17-19H2,1-3H3. The molecule has 188 valence electrons. The van der Waals surface area contributed by atoms with E-state index >= 15 is 0 Å². The SMILES string of the molecule is CCOC(=O)COc1ccc(COc2ccccc2Cn2c(CC)nc3cc(Br)ccc32)cc1CC. The van der Waals surface area contributed by atoms with E-state index in [1.54, 1.807) is 6.92 Å². The van der Waals surface area contributed by atoms with Gasteiger partial charge >= 0.3 is 5.97 Å². The first-order valence-electron chi connectivity index (χ1n) is 12.3. The van der Waals surface area contributed by atoms with Crippen LogP contribution in [0.3, 0.4) is 0 Å². The lowest BCUT2D eigenvalue weighted by atomic mass is 10.1. The van der Waals surface area contributed by atoms with Crippen molar-refractivity contribution < 1.29 is 19.0 Å². The van der Waals surface area contributed by atoms with Gasteiger partial charge in [-0.05, 0) is 60.9 Å². The van der Waals surface area contributed by atoms with Crippen LogP contribution < -0.4 is 9.47 Å². The minimum absolute atomic E-state index is 0.0936. The molecule has 0 saturated heterocycles. The highest BCUT2D eigenvalue weighted by Gasteiger charge is 2.13. The molecule has 0 aliphatic rings. The largest absolute Gasteiger partial charge is 0.489 e. The Morgan fingerprint density at radius 1 is 0.917 bits per heavy atom. The Bertz CT molecular complexity index is 1350. The molecule has 4 aromatic rings. The second-order valence-corrected chi connectivity index (χ2v) is 9.30. The molecule has 0 spiro atoms. The van der Waals surface area contributed by atoms with Gasteiger partial charge in [0.2, 0.25) is 0 Å². The van der Waals surface area contributed by atoms with E-state index < -0.39 is 0 Å². The molecule has 6 nitrogen and oxygen atoms in total. The number of hydrogen-bond acceptors (Lipinski definition) is 5. The van der Waals surface area contributed by atoms with E-state index in [4.69, 9.17) is 19.2 Å². The van der Waals surface area contributed by atoms with Crippen molar-refractivity contribution >= 4 is 32.9 Å². The number of aromatic nitrogens is 2. The minimum Gasteiger partial charge on any atom is -0.489 e.